The van der Waals surface area contributed by atoms with Gasteiger partial charge in [0.2, 0.25) is 5.96 Å². The Hall–Kier alpha value is -2.98. The fourth-order valence-electron chi connectivity index (χ4n) is 3.07. The van der Waals surface area contributed by atoms with Crippen molar-refractivity contribution in [3.63, 3.8) is 0 Å². The van der Waals surface area contributed by atoms with Gasteiger partial charge in [-0.15, -0.1) is 0 Å². The summed E-state index contributed by atoms with van der Waals surface area (Å²) in [5, 5.41) is 7.08. The molecule has 0 bridgehead atoms. The van der Waals surface area contributed by atoms with E-state index in [1.54, 1.807) is 42.7 Å². The molecule has 0 saturated carbocycles. The lowest BCUT2D eigenvalue weighted by atomic mass is 10.1. The van der Waals surface area contributed by atoms with E-state index in [9.17, 15) is 19.1 Å². The zero-order chi connectivity index (χ0) is 19.9. The van der Waals surface area contributed by atoms with Crippen LogP contribution in [0.25, 0.3) is 0 Å². The molecule has 28 heavy (non-hydrogen) atoms. The van der Waals surface area contributed by atoms with E-state index in [1.807, 2.05) is 0 Å². The number of hydrogen-bond donors (Lipinski definition) is 5. The lowest BCUT2D eigenvalue weighted by Crippen LogP contribution is -2.40. The summed E-state index contributed by atoms with van der Waals surface area (Å²) in [6, 6.07) is 8.49. The number of nitrogens with two attached hydrogens (primary N) is 1. The Kier molecular flexibility index (Phi) is 4.52. The van der Waals surface area contributed by atoms with E-state index in [4.69, 9.17) is 5.73 Å². The highest BCUT2D eigenvalue weighted by Gasteiger charge is 2.26. The first-order chi connectivity index (χ1) is 13.3. The van der Waals surface area contributed by atoms with Gasteiger partial charge in [0, 0.05) is 12.4 Å². The van der Waals surface area contributed by atoms with Gasteiger partial charge in [0.05, 0.1) is 12.7 Å². The number of aromatic amines is 1. The number of aromatic nitrogens is 4. The molecule has 2 aromatic heterocycles. The maximum Gasteiger partial charge on any atom is 0.329 e. The summed E-state index contributed by atoms with van der Waals surface area (Å²) in [6.45, 7) is 0.169. The Morgan fingerprint density at radius 1 is 1.25 bits per heavy atom. The Morgan fingerprint density at radius 2 is 2.04 bits per heavy atom. The molecular formula is C16H18N7O4P. The zero-order valence-electron chi connectivity index (χ0n) is 14.6. The molecule has 0 saturated heterocycles. The summed E-state index contributed by atoms with van der Waals surface area (Å²) in [5.41, 5.74) is 7.37. The van der Waals surface area contributed by atoms with Gasteiger partial charge in [0.25, 0.3) is 0 Å². The van der Waals surface area contributed by atoms with Crippen molar-refractivity contribution < 1.29 is 14.4 Å². The number of fused-ring (bicyclic) bond motifs is 1. The largest absolute Gasteiger partial charge is 0.333 e. The first-order valence-electron chi connectivity index (χ1n) is 8.36. The fourth-order valence-corrected chi connectivity index (χ4v) is 3.74. The first kappa shape index (κ1) is 18.4. The summed E-state index contributed by atoms with van der Waals surface area (Å²) in [5.74, 6) is 0.759. The molecule has 11 nitrogen and oxygen atoms in total. The van der Waals surface area contributed by atoms with Crippen molar-refractivity contribution in [2.24, 2.45) is 10.7 Å². The average molecular weight is 403 g/mol. The first-order valence-corrected chi connectivity index (χ1v) is 10.2. The van der Waals surface area contributed by atoms with E-state index in [0.717, 1.165) is 0 Å². The van der Waals surface area contributed by atoms with Crippen LogP contribution in [0.2, 0.25) is 0 Å². The van der Waals surface area contributed by atoms with Crippen LogP contribution < -0.4 is 16.7 Å². The normalized spacial score (nSPS) is 16.4. The van der Waals surface area contributed by atoms with Crippen LogP contribution in [-0.4, -0.2) is 35.1 Å². The lowest BCUT2D eigenvalue weighted by Gasteiger charge is -2.21. The number of nitrogens with one attached hydrogen (secondary N) is 2. The molecule has 0 radical (unpaired) electrons. The van der Waals surface area contributed by atoms with Crippen molar-refractivity contribution >= 4 is 19.4 Å². The molecule has 1 unspecified atom stereocenters. The minimum atomic E-state index is -4.18. The molecule has 0 amide bonds. The van der Waals surface area contributed by atoms with E-state index < -0.39 is 13.8 Å². The van der Waals surface area contributed by atoms with Gasteiger partial charge >= 0.3 is 13.3 Å². The van der Waals surface area contributed by atoms with Crippen LogP contribution in [0.4, 0.5) is 5.82 Å². The Morgan fingerprint density at radius 3 is 2.75 bits per heavy atom. The van der Waals surface area contributed by atoms with Crippen LogP contribution in [0, 0.1) is 0 Å². The molecule has 1 aliphatic rings. The minimum absolute atomic E-state index is 0.169. The number of rotatable bonds is 4. The fraction of sp³-hybridized carbons (Fsp3) is 0.188. The topological polar surface area (TPSA) is 164 Å². The molecule has 1 aliphatic heterocycles. The van der Waals surface area contributed by atoms with E-state index in [2.05, 4.69) is 20.4 Å². The quantitative estimate of drug-likeness (QED) is 0.388. The van der Waals surface area contributed by atoms with E-state index in [-0.39, 0.29) is 18.4 Å². The average Bonchev–Trinajstić information content (AvgIpc) is 3.24. The number of H-pyrrole nitrogens is 1. The summed E-state index contributed by atoms with van der Waals surface area (Å²) >= 11 is 0. The van der Waals surface area contributed by atoms with Crippen LogP contribution in [0.3, 0.4) is 0 Å². The van der Waals surface area contributed by atoms with Crippen molar-refractivity contribution in [2.45, 2.75) is 18.9 Å². The third-order valence-corrected chi connectivity index (χ3v) is 5.01. The van der Waals surface area contributed by atoms with Crippen molar-refractivity contribution in [3.05, 3.63) is 70.0 Å². The minimum Gasteiger partial charge on any atom is -0.333 e. The maximum atomic E-state index is 12.5. The van der Waals surface area contributed by atoms with E-state index >= 15 is 0 Å². The molecule has 12 heteroatoms. The van der Waals surface area contributed by atoms with Gasteiger partial charge in [-0.25, -0.2) is 9.48 Å². The smallest absolute Gasteiger partial charge is 0.329 e. The second-order valence-corrected chi connectivity index (χ2v) is 8.05. The van der Waals surface area contributed by atoms with Gasteiger partial charge in [-0.1, -0.05) is 24.3 Å². The summed E-state index contributed by atoms with van der Waals surface area (Å²) in [4.78, 5) is 38.0. The Balaban J connectivity index is 1.71. The Labute approximate surface area is 158 Å². The van der Waals surface area contributed by atoms with Crippen LogP contribution in [0.1, 0.15) is 23.0 Å². The predicted octanol–water partition coefficient (Wildman–Crippen LogP) is 0.195. The van der Waals surface area contributed by atoms with Crippen molar-refractivity contribution in [2.75, 3.05) is 0 Å². The molecule has 6 N–H and O–H groups in total. The second kappa shape index (κ2) is 6.88. The molecular weight excluding hydrogens is 385 g/mol. The molecule has 3 heterocycles. The van der Waals surface area contributed by atoms with E-state index in [0.29, 0.717) is 28.6 Å². The summed E-state index contributed by atoms with van der Waals surface area (Å²) < 4.78 is 14.2. The van der Waals surface area contributed by atoms with Crippen molar-refractivity contribution in [3.8, 4) is 0 Å². The van der Waals surface area contributed by atoms with Gasteiger partial charge in [-0.05, 0) is 17.2 Å². The Bertz CT molecular complexity index is 1140. The molecule has 0 spiro atoms. The monoisotopic (exact) mass is 403 g/mol. The number of nitrogens with zero attached hydrogens (tertiary/aromatic N) is 4. The molecule has 0 fully saturated rings. The van der Waals surface area contributed by atoms with Crippen molar-refractivity contribution in [1.29, 1.82) is 0 Å². The van der Waals surface area contributed by atoms with Crippen LogP contribution in [0.5, 0.6) is 0 Å². The van der Waals surface area contributed by atoms with Gasteiger partial charge in [0.15, 0.2) is 5.82 Å². The third kappa shape index (κ3) is 3.69. The second-order valence-electron chi connectivity index (χ2n) is 6.40. The molecule has 4 rings (SSSR count). The van der Waals surface area contributed by atoms with Crippen LogP contribution in [0.15, 0.2) is 52.5 Å². The highest BCUT2D eigenvalue weighted by Crippen LogP contribution is 2.39. The number of benzene rings is 1. The zero-order valence-corrected chi connectivity index (χ0v) is 15.5. The van der Waals surface area contributed by atoms with Crippen LogP contribution >= 0.6 is 7.60 Å². The highest BCUT2D eigenvalue weighted by atomic mass is 31.2. The van der Waals surface area contributed by atoms with Gasteiger partial charge in [-0.2, -0.15) is 10.1 Å². The number of hydrogen-bond acceptors (Lipinski definition) is 6. The maximum absolute atomic E-state index is 12.5. The van der Waals surface area contributed by atoms with Gasteiger partial charge in [-0.3, -0.25) is 9.13 Å². The number of imidazole rings is 1. The van der Waals surface area contributed by atoms with Gasteiger partial charge in [0.1, 0.15) is 11.9 Å². The summed E-state index contributed by atoms with van der Waals surface area (Å²) in [6.07, 6.45) is 2.27. The molecule has 1 aromatic carbocycles. The molecule has 3 aromatic rings. The third-order valence-electron chi connectivity index (χ3n) is 4.23. The molecule has 146 valence electrons. The van der Waals surface area contributed by atoms with Gasteiger partial charge < -0.3 is 25.8 Å². The lowest BCUT2D eigenvalue weighted by molar-refractivity contribution is 0.371. The predicted molar refractivity (Wildman–Crippen MR) is 101 cm³/mol. The number of aliphatic imine (C=N–C) groups is 1. The summed E-state index contributed by atoms with van der Waals surface area (Å²) in [7, 11) is -4.18. The van der Waals surface area contributed by atoms with Crippen molar-refractivity contribution in [1.82, 2.24) is 24.6 Å². The SMILES string of the molecule is NC1NC(n2cccn2)=Nc2c1[nH]c(=O)n2Cc1cccc(CP(=O)(O)O)c1. The molecule has 1 atom stereocenters. The van der Waals surface area contributed by atoms with E-state index in [1.165, 1.54) is 9.25 Å². The van der Waals surface area contributed by atoms with Crippen LogP contribution in [-0.2, 0) is 17.3 Å². The molecule has 0 aliphatic carbocycles. The standard InChI is InChI=1S/C16H18N7O4P/c17-13-12-14(21-15(20-13)23-6-2-5-18-23)22(16(24)19-12)8-10-3-1-4-11(7-10)9-28(25,26)27/h1-7,13H,8-9,17H2,(H,19,24)(H,20,21)(H2,25,26,27). The highest BCUT2D eigenvalue weighted by molar-refractivity contribution is 7.50.